The Morgan fingerprint density at radius 3 is 2.88 bits per heavy atom. The van der Waals surface area contributed by atoms with Gasteiger partial charge in [-0.1, -0.05) is 29.8 Å². The van der Waals surface area contributed by atoms with Crippen LogP contribution in [0.25, 0.3) is 11.3 Å². The van der Waals surface area contributed by atoms with Gasteiger partial charge in [0.1, 0.15) is 0 Å². The highest BCUT2D eigenvalue weighted by Gasteiger charge is 2.21. The number of hydrogen-bond acceptors (Lipinski definition) is 4. The Balaban J connectivity index is 1.60. The number of hydrogen-bond donors (Lipinski definition) is 1. The molecule has 1 amide bonds. The Kier molecular flexibility index (Phi) is 5.30. The topological polar surface area (TPSA) is 64.4 Å². The van der Waals surface area contributed by atoms with Crippen LogP contribution in [0.4, 0.5) is 0 Å². The summed E-state index contributed by atoms with van der Waals surface area (Å²) >= 11 is 0. The third kappa shape index (κ3) is 4.03. The standard InChI is InChI=1S/C19H24N2O3/c1-13-5-8-15(9-6-13)18-17(20-12-24-18)19(22)21-14(2)7-10-16-4-3-11-23-16/h5-6,8-9,12,14,16H,3-4,7,10-11H2,1-2H3,(H,21,22)/t14-,16-/m1/s1. The Bertz CT molecular complexity index is 672. The maximum absolute atomic E-state index is 12.5. The first-order valence-corrected chi connectivity index (χ1v) is 8.56. The van der Waals surface area contributed by atoms with Gasteiger partial charge in [0.15, 0.2) is 17.8 Å². The number of benzene rings is 1. The fourth-order valence-corrected chi connectivity index (χ4v) is 2.99. The van der Waals surface area contributed by atoms with Crippen LogP contribution >= 0.6 is 0 Å². The molecule has 5 nitrogen and oxygen atoms in total. The Hall–Kier alpha value is -2.14. The molecule has 1 aromatic heterocycles. The molecule has 0 spiro atoms. The van der Waals surface area contributed by atoms with E-state index in [1.165, 1.54) is 6.39 Å². The third-order valence-corrected chi connectivity index (χ3v) is 4.42. The molecule has 0 unspecified atom stereocenters. The van der Waals surface area contributed by atoms with Crippen molar-refractivity contribution in [3.05, 3.63) is 41.9 Å². The number of oxazole rings is 1. The molecular weight excluding hydrogens is 304 g/mol. The van der Waals surface area contributed by atoms with E-state index in [1.807, 2.05) is 38.1 Å². The third-order valence-electron chi connectivity index (χ3n) is 4.42. The van der Waals surface area contributed by atoms with Crippen LogP contribution in [0.3, 0.4) is 0 Å². The number of carbonyl (C=O) groups is 1. The fraction of sp³-hybridized carbons (Fsp3) is 0.474. The first-order valence-electron chi connectivity index (χ1n) is 8.56. The van der Waals surface area contributed by atoms with Crippen LogP contribution in [0, 0.1) is 6.92 Å². The number of ether oxygens (including phenoxy) is 1. The zero-order valence-electron chi connectivity index (χ0n) is 14.2. The Morgan fingerprint density at radius 1 is 1.38 bits per heavy atom. The zero-order chi connectivity index (χ0) is 16.9. The molecule has 5 heteroatoms. The average molecular weight is 328 g/mol. The zero-order valence-corrected chi connectivity index (χ0v) is 14.2. The van der Waals surface area contributed by atoms with Crippen LogP contribution in [0.1, 0.15) is 48.7 Å². The lowest BCUT2D eigenvalue weighted by Crippen LogP contribution is -2.33. The predicted molar refractivity (Wildman–Crippen MR) is 91.8 cm³/mol. The summed E-state index contributed by atoms with van der Waals surface area (Å²) in [6.45, 7) is 4.90. The summed E-state index contributed by atoms with van der Waals surface area (Å²) in [4.78, 5) is 16.6. The van der Waals surface area contributed by atoms with Gasteiger partial charge in [0.25, 0.3) is 5.91 Å². The van der Waals surface area contributed by atoms with E-state index in [-0.39, 0.29) is 11.9 Å². The first-order chi connectivity index (χ1) is 11.6. The largest absolute Gasteiger partial charge is 0.443 e. The molecule has 2 aromatic rings. The highest BCUT2D eigenvalue weighted by molar-refractivity contribution is 5.97. The molecular formula is C19H24N2O3. The summed E-state index contributed by atoms with van der Waals surface area (Å²) < 4.78 is 11.1. The van der Waals surface area contributed by atoms with Crippen LogP contribution in [0.2, 0.25) is 0 Å². The van der Waals surface area contributed by atoms with Gasteiger partial charge in [-0.3, -0.25) is 4.79 Å². The van der Waals surface area contributed by atoms with Crippen molar-refractivity contribution in [1.82, 2.24) is 10.3 Å². The molecule has 1 N–H and O–H groups in total. The van der Waals surface area contributed by atoms with Crippen LogP contribution in [-0.2, 0) is 4.74 Å². The summed E-state index contributed by atoms with van der Waals surface area (Å²) in [5.41, 5.74) is 2.35. The molecule has 24 heavy (non-hydrogen) atoms. The van der Waals surface area contributed by atoms with E-state index in [4.69, 9.17) is 9.15 Å². The molecule has 0 aliphatic carbocycles. The van der Waals surface area contributed by atoms with Crippen LogP contribution in [0.5, 0.6) is 0 Å². The molecule has 0 bridgehead atoms. The van der Waals surface area contributed by atoms with E-state index in [0.29, 0.717) is 17.6 Å². The van der Waals surface area contributed by atoms with Crippen molar-refractivity contribution in [2.24, 2.45) is 0 Å². The van der Waals surface area contributed by atoms with Crippen molar-refractivity contribution < 1.29 is 13.9 Å². The first kappa shape index (κ1) is 16.7. The Morgan fingerprint density at radius 2 is 2.17 bits per heavy atom. The summed E-state index contributed by atoms with van der Waals surface area (Å²) in [6.07, 6.45) is 5.81. The van der Waals surface area contributed by atoms with E-state index in [9.17, 15) is 4.79 Å². The number of amides is 1. The minimum absolute atomic E-state index is 0.0734. The molecule has 1 fully saturated rings. The van der Waals surface area contributed by atoms with E-state index in [2.05, 4.69) is 10.3 Å². The van der Waals surface area contributed by atoms with Crippen molar-refractivity contribution in [3.8, 4) is 11.3 Å². The highest BCUT2D eigenvalue weighted by atomic mass is 16.5. The van der Waals surface area contributed by atoms with Crippen LogP contribution in [-0.4, -0.2) is 29.6 Å². The van der Waals surface area contributed by atoms with E-state index >= 15 is 0 Å². The molecule has 1 aliphatic rings. The molecule has 2 heterocycles. The number of carbonyl (C=O) groups excluding carboxylic acids is 1. The van der Waals surface area contributed by atoms with E-state index in [0.717, 1.165) is 43.4 Å². The molecule has 2 atom stereocenters. The molecule has 0 radical (unpaired) electrons. The lowest BCUT2D eigenvalue weighted by molar-refractivity contribution is 0.0896. The maximum Gasteiger partial charge on any atom is 0.274 e. The molecule has 1 aromatic carbocycles. The monoisotopic (exact) mass is 328 g/mol. The lowest BCUT2D eigenvalue weighted by atomic mass is 10.1. The van der Waals surface area contributed by atoms with Crippen LogP contribution in [0.15, 0.2) is 35.1 Å². The van der Waals surface area contributed by atoms with Gasteiger partial charge in [0.05, 0.1) is 6.10 Å². The van der Waals surface area contributed by atoms with Gasteiger partial charge >= 0.3 is 0 Å². The molecule has 3 rings (SSSR count). The van der Waals surface area contributed by atoms with Crippen molar-refractivity contribution in [2.75, 3.05) is 6.61 Å². The SMILES string of the molecule is Cc1ccc(-c2ocnc2C(=O)N[C@H](C)CC[C@H]2CCCO2)cc1. The smallest absolute Gasteiger partial charge is 0.274 e. The second kappa shape index (κ2) is 7.62. The van der Waals surface area contributed by atoms with Crippen LogP contribution < -0.4 is 5.32 Å². The van der Waals surface area contributed by atoms with Gasteiger partial charge in [-0.2, -0.15) is 0 Å². The van der Waals surface area contributed by atoms with Gasteiger partial charge < -0.3 is 14.5 Å². The van der Waals surface area contributed by atoms with Crippen molar-refractivity contribution in [3.63, 3.8) is 0 Å². The molecule has 128 valence electrons. The average Bonchev–Trinajstić information content (AvgIpc) is 3.25. The quantitative estimate of drug-likeness (QED) is 0.877. The van der Waals surface area contributed by atoms with Gasteiger partial charge in [0.2, 0.25) is 0 Å². The Labute approximate surface area is 142 Å². The van der Waals surface area contributed by atoms with E-state index < -0.39 is 0 Å². The van der Waals surface area contributed by atoms with Crippen molar-refractivity contribution in [2.45, 2.75) is 51.7 Å². The normalized spacial score (nSPS) is 18.5. The lowest BCUT2D eigenvalue weighted by Gasteiger charge is -2.16. The molecule has 1 saturated heterocycles. The maximum atomic E-state index is 12.5. The number of aromatic nitrogens is 1. The van der Waals surface area contributed by atoms with Gasteiger partial charge in [-0.25, -0.2) is 4.98 Å². The highest BCUT2D eigenvalue weighted by Crippen LogP contribution is 2.24. The molecule has 1 aliphatic heterocycles. The van der Waals surface area contributed by atoms with Gasteiger partial charge in [-0.05, 0) is 39.5 Å². The minimum Gasteiger partial charge on any atom is -0.443 e. The van der Waals surface area contributed by atoms with Crippen molar-refractivity contribution in [1.29, 1.82) is 0 Å². The second-order valence-electron chi connectivity index (χ2n) is 6.48. The summed E-state index contributed by atoms with van der Waals surface area (Å²) in [5, 5.41) is 3.01. The number of nitrogens with one attached hydrogen (secondary N) is 1. The van der Waals surface area contributed by atoms with Crippen molar-refractivity contribution >= 4 is 5.91 Å². The van der Waals surface area contributed by atoms with E-state index in [1.54, 1.807) is 0 Å². The fourth-order valence-electron chi connectivity index (χ4n) is 2.99. The molecule has 0 saturated carbocycles. The number of nitrogens with zero attached hydrogens (tertiary/aromatic N) is 1. The van der Waals surface area contributed by atoms with Gasteiger partial charge in [0, 0.05) is 18.2 Å². The second-order valence-corrected chi connectivity index (χ2v) is 6.48. The minimum atomic E-state index is -0.195. The number of rotatable bonds is 6. The predicted octanol–water partition coefficient (Wildman–Crippen LogP) is 3.73. The summed E-state index contributed by atoms with van der Waals surface area (Å²) in [6, 6.07) is 7.93. The summed E-state index contributed by atoms with van der Waals surface area (Å²) in [7, 11) is 0. The number of aryl methyl sites for hydroxylation is 1. The van der Waals surface area contributed by atoms with Gasteiger partial charge in [-0.15, -0.1) is 0 Å². The summed E-state index contributed by atoms with van der Waals surface area (Å²) in [5.74, 6) is 0.318.